The van der Waals surface area contributed by atoms with Gasteiger partial charge in [-0.2, -0.15) is 11.8 Å². The molecule has 0 amide bonds. The Morgan fingerprint density at radius 1 is 1.33 bits per heavy atom. The predicted molar refractivity (Wildman–Crippen MR) is 84.3 cm³/mol. The van der Waals surface area contributed by atoms with E-state index >= 15 is 0 Å². The number of nitrogens with one attached hydrogen (secondary N) is 1. The number of benzene rings is 1. The van der Waals surface area contributed by atoms with E-state index in [1.54, 1.807) is 23.9 Å². The van der Waals surface area contributed by atoms with Gasteiger partial charge in [-0.3, -0.25) is 0 Å². The van der Waals surface area contributed by atoms with Crippen LogP contribution in [0.5, 0.6) is 5.75 Å². The first-order chi connectivity index (χ1) is 10.0. The minimum absolute atomic E-state index is 0.0257. The van der Waals surface area contributed by atoms with Gasteiger partial charge in [0.2, 0.25) is 10.0 Å². The van der Waals surface area contributed by atoms with Crippen molar-refractivity contribution in [3.8, 4) is 5.75 Å². The van der Waals surface area contributed by atoms with Crippen molar-refractivity contribution >= 4 is 21.8 Å². The van der Waals surface area contributed by atoms with E-state index in [1.807, 2.05) is 0 Å². The van der Waals surface area contributed by atoms with Crippen LogP contribution in [0.4, 0.5) is 0 Å². The van der Waals surface area contributed by atoms with Gasteiger partial charge in [-0.05, 0) is 49.8 Å². The lowest BCUT2D eigenvalue weighted by Gasteiger charge is -2.13. The van der Waals surface area contributed by atoms with Crippen LogP contribution in [0.25, 0.3) is 0 Å². The zero-order valence-electron chi connectivity index (χ0n) is 12.0. The van der Waals surface area contributed by atoms with E-state index in [0.717, 1.165) is 19.3 Å². The molecule has 2 N–H and O–H groups in total. The topological polar surface area (TPSA) is 75.6 Å². The summed E-state index contributed by atoms with van der Waals surface area (Å²) in [4.78, 5) is 0.242. The van der Waals surface area contributed by atoms with Crippen LogP contribution in [0.3, 0.4) is 0 Å². The SMILES string of the molecule is CSC1CCC(NS(=O)(=O)c2ccc(OCCO)cc2)C1. The molecule has 0 aromatic heterocycles. The van der Waals surface area contributed by atoms with Crippen molar-refractivity contribution in [1.29, 1.82) is 0 Å². The van der Waals surface area contributed by atoms with Gasteiger partial charge in [0.25, 0.3) is 0 Å². The third-order valence-corrected chi connectivity index (χ3v) is 6.16. The maximum absolute atomic E-state index is 12.3. The van der Waals surface area contributed by atoms with Gasteiger partial charge in [0.1, 0.15) is 12.4 Å². The van der Waals surface area contributed by atoms with Crippen LogP contribution in [0.2, 0.25) is 0 Å². The highest BCUT2D eigenvalue weighted by Gasteiger charge is 2.28. The smallest absolute Gasteiger partial charge is 0.240 e. The van der Waals surface area contributed by atoms with Gasteiger partial charge in [-0.1, -0.05) is 0 Å². The second-order valence-electron chi connectivity index (χ2n) is 5.03. The molecule has 1 fully saturated rings. The number of aliphatic hydroxyl groups is 1. The first kappa shape index (κ1) is 16.6. The van der Waals surface area contributed by atoms with Crippen molar-refractivity contribution in [2.75, 3.05) is 19.5 Å². The molecule has 0 bridgehead atoms. The molecular weight excluding hydrogens is 310 g/mol. The number of sulfonamides is 1. The third-order valence-electron chi connectivity index (χ3n) is 3.53. The van der Waals surface area contributed by atoms with Gasteiger partial charge < -0.3 is 9.84 Å². The summed E-state index contributed by atoms with van der Waals surface area (Å²) in [5.74, 6) is 0.548. The molecule has 2 unspecified atom stereocenters. The Morgan fingerprint density at radius 3 is 2.62 bits per heavy atom. The van der Waals surface area contributed by atoms with E-state index in [0.29, 0.717) is 11.0 Å². The minimum Gasteiger partial charge on any atom is -0.491 e. The van der Waals surface area contributed by atoms with Crippen LogP contribution in [-0.2, 0) is 10.0 Å². The van der Waals surface area contributed by atoms with Crippen LogP contribution < -0.4 is 9.46 Å². The highest BCUT2D eigenvalue weighted by Crippen LogP contribution is 2.29. The normalized spacial score (nSPS) is 22.4. The summed E-state index contributed by atoms with van der Waals surface area (Å²) >= 11 is 1.80. The minimum atomic E-state index is -3.48. The van der Waals surface area contributed by atoms with Gasteiger partial charge in [0.15, 0.2) is 0 Å². The van der Waals surface area contributed by atoms with Crippen molar-refractivity contribution in [2.24, 2.45) is 0 Å². The fourth-order valence-corrected chi connectivity index (χ4v) is 4.51. The zero-order chi connectivity index (χ0) is 15.3. The molecule has 0 radical (unpaired) electrons. The molecule has 0 heterocycles. The van der Waals surface area contributed by atoms with E-state index in [2.05, 4.69) is 11.0 Å². The monoisotopic (exact) mass is 331 g/mol. The summed E-state index contributed by atoms with van der Waals surface area (Å²) in [5, 5.41) is 9.23. The maximum Gasteiger partial charge on any atom is 0.240 e. The molecule has 1 aromatic rings. The highest BCUT2D eigenvalue weighted by atomic mass is 32.2. The molecule has 118 valence electrons. The lowest BCUT2D eigenvalue weighted by Crippen LogP contribution is -2.33. The lowest BCUT2D eigenvalue weighted by molar-refractivity contribution is 0.201. The van der Waals surface area contributed by atoms with Gasteiger partial charge in [0.05, 0.1) is 11.5 Å². The Kier molecular flexibility index (Phi) is 5.92. The Bertz CT molecular complexity index is 545. The van der Waals surface area contributed by atoms with Crippen LogP contribution in [-0.4, -0.2) is 44.3 Å². The summed E-state index contributed by atoms with van der Waals surface area (Å²) < 4.78 is 32.6. The summed E-state index contributed by atoms with van der Waals surface area (Å²) in [6.45, 7) is 0.127. The first-order valence-corrected chi connectivity index (χ1v) is 9.71. The fourth-order valence-electron chi connectivity index (χ4n) is 2.43. The van der Waals surface area contributed by atoms with Crippen LogP contribution in [0, 0.1) is 0 Å². The van der Waals surface area contributed by atoms with E-state index in [1.165, 1.54) is 12.1 Å². The molecule has 1 aliphatic rings. The van der Waals surface area contributed by atoms with Crippen molar-refractivity contribution in [2.45, 2.75) is 35.4 Å². The molecule has 1 aromatic carbocycles. The zero-order valence-corrected chi connectivity index (χ0v) is 13.6. The number of hydrogen-bond donors (Lipinski definition) is 2. The van der Waals surface area contributed by atoms with Crippen LogP contribution in [0.15, 0.2) is 29.2 Å². The van der Waals surface area contributed by atoms with Gasteiger partial charge in [-0.25, -0.2) is 13.1 Å². The molecule has 0 aliphatic heterocycles. The average molecular weight is 331 g/mol. The summed E-state index contributed by atoms with van der Waals surface area (Å²) in [7, 11) is -3.48. The van der Waals surface area contributed by atoms with Crippen molar-refractivity contribution in [3.05, 3.63) is 24.3 Å². The standard InChI is InChI=1S/C14H21NO4S2/c1-20-13-5-2-11(10-13)15-21(17,18)14-6-3-12(4-7-14)19-9-8-16/h3-4,6-7,11,13,15-16H,2,5,8-10H2,1H3. The molecule has 1 saturated carbocycles. The first-order valence-electron chi connectivity index (χ1n) is 6.94. The Morgan fingerprint density at radius 2 is 2.05 bits per heavy atom. The summed E-state index contributed by atoms with van der Waals surface area (Å²) in [6.07, 6.45) is 4.90. The van der Waals surface area contributed by atoms with Gasteiger partial charge >= 0.3 is 0 Å². The quantitative estimate of drug-likeness (QED) is 0.794. The number of thioether (sulfide) groups is 1. The largest absolute Gasteiger partial charge is 0.491 e. The molecule has 1 aliphatic carbocycles. The number of ether oxygens (including phenoxy) is 1. The molecule has 0 saturated heterocycles. The average Bonchev–Trinajstić information content (AvgIpc) is 2.92. The maximum atomic E-state index is 12.3. The molecule has 5 nitrogen and oxygen atoms in total. The second kappa shape index (κ2) is 7.49. The molecular formula is C14H21NO4S2. The molecule has 2 atom stereocenters. The van der Waals surface area contributed by atoms with Crippen LogP contribution in [0.1, 0.15) is 19.3 Å². The van der Waals surface area contributed by atoms with E-state index in [-0.39, 0.29) is 24.2 Å². The van der Waals surface area contributed by atoms with E-state index < -0.39 is 10.0 Å². The Hall–Kier alpha value is -0.760. The molecule has 21 heavy (non-hydrogen) atoms. The van der Waals surface area contributed by atoms with Crippen molar-refractivity contribution in [1.82, 2.24) is 4.72 Å². The molecule has 0 spiro atoms. The Balaban J connectivity index is 1.99. The molecule has 7 heteroatoms. The summed E-state index contributed by atoms with van der Waals surface area (Å²) in [6, 6.07) is 6.27. The van der Waals surface area contributed by atoms with E-state index in [9.17, 15) is 8.42 Å². The van der Waals surface area contributed by atoms with Gasteiger partial charge in [-0.15, -0.1) is 0 Å². The summed E-state index contributed by atoms with van der Waals surface area (Å²) in [5.41, 5.74) is 0. The second-order valence-corrected chi connectivity index (χ2v) is 7.88. The number of aliphatic hydroxyl groups excluding tert-OH is 1. The number of rotatable bonds is 7. The van der Waals surface area contributed by atoms with Crippen molar-refractivity contribution < 1.29 is 18.3 Å². The Labute approximate surface area is 130 Å². The van der Waals surface area contributed by atoms with Gasteiger partial charge in [0, 0.05) is 11.3 Å². The fraction of sp³-hybridized carbons (Fsp3) is 0.571. The predicted octanol–water partition coefficient (Wildman–Crippen LogP) is 1.62. The van der Waals surface area contributed by atoms with Crippen LogP contribution >= 0.6 is 11.8 Å². The number of hydrogen-bond acceptors (Lipinski definition) is 5. The third kappa shape index (κ3) is 4.60. The lowest BCUT2D eigenvalue weighted by atomic mass is 10.3. The molecule has 2 rings (SSSR count). The highest BCUT2D eigenvalue weighted by molar-refractivity contribution is 7.99. The van der Waals surface area contributed by atoms with E-state index in [4.69, 9.17) is 9.84 Å². The van der Waals surface area contributed by atoms with Crippen molar-refractivity contribution in [3.63, 3.8) is 0 Å².